The molecule has 1 heterocycles. The lowest BCUT2D eigenvalue weighted by atomic mass is 10.6. The number of ether oxygens (including phenoxy) is 2. The first-order chi connectivity index (χ1) is 5.74. The smallest absolute Gasteiger partial charge is 0.363 e. The van der Waals surface area contributed by atoms with Gasteiger partial charge in [0, 0.05) is 5.38 Å². The van der Waals surface area contributed by atoms with Crippen LogP contribution in [0.1, 0.15) is 0 Å². The van der Waals surface area contributed by atoms with E-state index < -0.39 is 11.5 Å². The second-order valence-corrected chi connectivity index (χ2v) is 3.09. The van der Waals surface area contributed by atoms with Crippen LogP contribution in [0.4, 0.5) is 0 Å². The molecular formula is C7H7ClO3S. The van der Waals surface area contributed by atoms with Crippen LogP contribution >= 0.6 is 22.9 Å². The van der Waals surface area contributed by atoms with E-state index in [1.807, 2.05) is 5.38 Å². The number of esters is 1. The molecule has 0 bridgehead atoms. The molecule has 0 saturated carbocycles. The van der Waals surface area contributed by atoms with Gasteiger partial charge < -0.3 is 9.47 Å². The van der Waals surface area contributed by atoms with Gasteiger partial charge in [-0.05, 0) is 11.4 Å². The summed E-state index contributed by atoms with van der Waals surface area (Å²) in [6.45, 7) is 0. The second-order valence-electron chi connectivity index (χ2n) is 1.92. The Morgan fingerprint density at radius 1 is 1.75 bits per heavy atom. The second kappa shape index (κ2) is 4.33. The number of carbonyl (C=O) groups excluding carboxylic acids is 1. The van der Waals surface area contributed by atoms with Gasteiger partial charge in [-0.25, -0.2) is 4.79 Å². The molecule has 1 atom stereocenters. The Bertz CT molecular complexity index is 247. The van der Waals surface area contributed by atoms with E-state index in [-0.39, 0.29) is 0 Å². The van der Waals surface area contributed by atoms with Crippen LogP contribution in [0.2, 0.25) is 0 Å². The number of thiophene rings is 1. The van der Waals surface area contributed by atoms with Crippen LogP contribution in [-0.4, -0.2) is 18.6 Å². The summed E-state index contributed by atoms with van der Waals surface area (Å²) in [5.41, 5.74) is -1.07. The maximum Gasteiger partial charge on any atom is 0.363 e. The molecule has 0 amide bonds. The molecule has 1 rings (SSSR count). The van der Waals surface area contributed by atoms with Crippen LogP contribution in [0.3, 0.4) is 0 Å². The average molecular weight is 207 g/mol. The van der Waals surface area contributed by atoms with Crippen molar-refractivity contribution < 1.29 is 14.3 Å². The Hall–Kier alpha value is -0.740. The zero-order chi connectivity index (χ0) is 8.97. The fourth-order valence-electron chi connectivity index (χ4n) is 0.579. The zero-order valence-corrected chi connectivity index (χ0v) is 7.89. The third-order valence-corrected chi connectivity index (χ3v) is 2.05. The minimum absolute atomic E-state index is 0.574. The molecule has 1 aromatic heterocycles. The molecular weight excluding hydrogens is 200 g/mol. The molecule has 1 aromatic rings. The summed E-state index contributed by atoms with van der Waals surface area (Å²) in [6, 6.07) is 1.73. The summed E-state index contributed by atoms with van der Waals surface area (Å²) < 4.78 is 9.38. The summed E-state index contributed by atoms with van der Waals surface area (Å²) in [5, 5.41) is 3.58. The van der Waals surface area contributed by atoms with Crippen molar-refractivity contribution in [1.82, 2.24) is 0 Å². The molecule has 1 unspecified atom stereocenters. The Kier molecular flexibility index (Phi) is 3.37. The topological polar surface area (TPSA) is 35.5 Å². The number of halogens is 1. The minimum atomic E-state index is -1.07. The molecule has 3 nitrogen and oxygen atoms in total. The number of rotatable bonds is 3. The van der Waals surface area contributed by atoms with Crippen molar-refractivity contribution in [2.45, 2.75) is 5.56 Å². The van der Waals surface area contributed by atoms with Crippen LogP contribution in [0.25, 0.3) is 0 Å². The molecule has 12 heavy (non-hydrogen) atoms. The summed E-state index contributed by atoms with van der Waals surface area (Å²) in [5.74, 6) is -0.0201. The Morgan fingerprint density at radius 2 is 2.50 bits per heavy atom. The molecule has 0 spiro atoms. The third-order valence-electron chi connectivity index (χ3n) is 1.12. The minimum Gasteiger partial charge on any atom is -0.465 e. The maximum absolute atomic E-state index is 10.8. The predicted molar refractivity (Wildman–Crippen MR) is 46.6 cm³/mol. The van der Waals surface area contributed by atoms with Crippen molar-refractivity contribution in [1.29, 1.82) is 0 Å². The van der Waals surface area contributed by atoms with Crippen LogP contribution in [0, 0.1) is 0 Å². The maximum atomic E-state index is 10.8. The lowest BCUT2D eigenvalue weighted by molar-refractivity contribution is -0.144. The zero-order valence-electron chi connectivity index (χ0n) is 6.32. The van der Waals surface area contributed by atoms with Crippen molar-refractivity contribution in [3.63, 3.8) is 0 Å². The van der Waals surface area contributed by atoms with E-state index in [2.05, 4.69) is 4.74 Å². The van der Waals surface area contributed by atoms with E-state index in [4.69, 9.17) is 16.3 Å². The lowest BCUT2D eigenvalue weighted by Gasteiger charge is -2.07. The van der Waals surface area contributed by atoms with Gasteiger partial charge in [0.25, 0.3) is 5.56 Å². The molecule has 0 aliphatic heterocycles. The highest BCUT2D eigenvalue weighted by Crippen LogP contribution is 2.17. The van der Waals surface area contributed by atoms with Crippen LogP contribution < -0.4 is 4.74 Å². The molecule has 5 heteroatoms. The van der Waals surface area contributed by atoms with Crippen molar-refractivity contribution >= 4 is 28.9 Å². The van der Waals surface area contributed by atoms with E-state index in [9.17, 15) is 4.79 Å². The molecule has 0 aliphatic carbocycles. The highest BCUT2D eigenvalue weighted by Gasteiger charge is 2.17. The van der Waals surface area contributed by atoms with Crippen LogP contribution in [0.15, 0.2) is 16.8 Å². The molecule has 66 valence electrons. The SMILES string of the molecule is COC(=O)C(Cl)Oc1ccsc1. The standard InChI is InChI=1S/C7H7ClO3S/c1-10-7(9)6(8)11-5-2-3-12-4-5/h2-4,6H,1H3. The summed E-state index contributed by atoms with van der Waals surface area (Å²) in [7, 11) is 1.26. The molecule has 0 aliphatic rings. The number of methoxy groups -OCH3 is 1. The number of alkyl halides is 1. The highest BCUT2D eigenvalue weighted by atomic mass is 35.5. The summed E-state index contributed by atoms with van der Waals surface area (Å²) in [6.07, 6.45) is 0. The van der Waals surface area contributed by atoms with E-state index in [1.165, 1.54) is 18.4 Å². The van der Waals surface area contributed by atoms with Gasteiger partial charge in [-0.15, -0.1) is 11.3 Å². The van der Waals surface area contributed by atoms with E-state index in [0.717, 1.165) is 0 Å². The van der Waals surface area contributed by atoms with Crippen LogP contribution in [0.5, 0.6) is 5.75 Å². The first-order valence-corrected chi connectivity index (χ1v) is 4.52. The fraction of sp³-hybridized carbons (Fsp3) is 0.286. The number of hydrogen-bond acceptors (Lipinski definition) is 4. The monoisotopic (exact) mass is 206 g/mol. The first kappa shape index (κ1) is 9.35. The van der Waals surface area contributed by atoms with E-state index in [1.54, 1.807) is 11.4 Å². The Morgan fingerprint density at radius 3 is 3.00 bits per heavy atom. The van der Waals surface area contributed by atoms with Gasteiger partial charge in [0.1, 0.15) is 5.75 Å². The van der Waals surface area contributed by atoms with Gasteiger partial charge in [-0.2, -0.15) is 0 Å². The van der Waals surface area contributed by atoms with Gasteiger partial charge in [-0.1, -0.05) is 11.6 Å². The highest BCUT2D eigenvalue weighted by molar-refractivity contribution is 7.08. The molecule has 0 aromatic carbocycles. The van der Waals surface area contributed by atoms with Gasteiger partial charge in [-0.3, -0.25) is 0 Å². The fourth-order valence-corrected chi connectivity index (χ4v) is 1.33. The van der Waals surface area contributed by atoms with Gasteiger partial charge in [0.15, 0.2) is 0 Å². The third kappa shape index (κ3) is 2.39. The van der Waals surface area contributed by atoms with E-state index in [0.29, 0.717) is 5.75 Å². The van der Waals surface area contributed by atoms with Gasteiger partial charge in [0.2, 0.25) is 0 Å². The van der Waals surface area contributed by atoms with Crippen molar-refractivity contribution in [2.75, 3.05) is 7.11 Å². The van der Waals surface area contributed by atoms with Crippen molar-refractivity contribution in [2.24, 2.45) is 0 Å². The Balaban J connectivity index is 2.47. The quantitative estimate of drug-likeness (QED) is 0.560. The number of hydrogen-bond donors (Lipinski definition) is 0. The Labute approximate surface area is 78.9 Å². The average Bonchev–Trinajstić information content (AvgIpc) is 2.55. The summed E-state index contributed by atoms with van der Waals surface area (Å²) in [4.78, 5) is 10.8. The molecule has 0 fully saturated rings. The van der Waals surface area contributed by atoms with Crippen LogP contribution in [-0.2, 0) is 9.53 Å². The molecule has 0 radical (unpaired) electrons. The molecule has 0 saturated heterocycles. The van der Waals surface area contributed by atoms with Crippen molar-refractivity contribution in [3.05, 3.63) is 16.8 Å². The first-order valence-electron chi connectivity index (χ1n) is 3.15. The van der Waals surface area contributed by atoms with Gasteiger partial charge >= 0.3 is 5.97 Å². The predicted octanol–water partition coefficient (Wildman–Crippen LogP) is 1.86. The normalized spacial score (nSPS) is 12.2. The molecule has 0 N–H and O–H groups in total. The summed E-state index contributed by atoms with van der Waals surface area (Å²) >= 11 is 7.00. The largest absolute Gasteiger partial charge is 0.465 e. The van der Waals surface area contributed by atoms with E-state index >= 15 is 0 Å². The number of carbonyl (C=O) groups is 1. The van der Waals surface area contributed by atoms with Crippen molar-refractivity contribution in [3.8, 4) is 5.75 Å². The van der Waals surface area contributed by atoms with Gasteiger partial charge in [0.05, 0.1) is 7.11 Å². The lowest BCUT2D eigenvalue weighted by Crippen LogP contribution is -2.22.